The maximum Gasteiger partial charge on any atom is 0.251 e. The zero-order valence-corrected chi connectivity index (χ0v) is 13.7. The van der Waals surface area contributed by atoms with Crippen LogP contribution in [0.3, 0.4) is 0 Å². The lowest BCUT2D eigenvalue weighted by atomic mass is 10.1. The molecular weight excluding hydrogens is 309 g/mol. The molecule has 0 heterocycles. The zero-order valence-electron chi connectivity index (χ0n) is 13.7. The number of carbonyl (C=O) groups is 1. The van der Waals surface area contributed by atoms with E-state index in [1.807, 2.05) is 13.0 Å². The Morgan fingerprint density at radius 1 is 1.25 bits per heavy atom. The van der Waals surface area contributed by atoms with Gasteiger partial charge in [-0.2, -0.15) is 0 Å². The Labute approximate surface area is 141 Å². The maximum atomic E-state index is 13.1. The molecule has 0 bridgehead atoms. The summed E-state index contributed by atoms with van der Waals surface area (Å²) in [6.45, 7) is 2.28. The fourth-order valence-corrected chi connectivity index (χ4v) is 2.30. The van der Waals surface area contributed by atoms with Crippen molar-refractivity contribution < 1.29 is 19.0 Å². The molecule has 2 rings (SSSR count). The van der Waals surface area contributed by atoms with E-state index in [-0.39, 0.29) is 31.0 Å². The van der Waals surface area contributed by atoms with E-state index in [2.05, 4.69) is 5.32 Å². The van der Waals surface area contributed by atoms with Crippen molar-refractivity contribution in [3.05, 3.63) is 65.5 Å². The minimum atomic E-state index is -0.350. The first-order valence-corrected chi connectivity index (χ1v) is 7.97. The molecule has 5 heteroatoms. The Morgan fingerprint density at radius 3 is 2.79 bits per heavy atom. The van der Waals surface area contributed by atoms with Crippen molar-refractivity contribution in [2.45, 2.75) is 32.4 Å². The number of hydrogen-bond donors (Lipinski definition) is 2. The van der Waals surface area contributed by atoms with Crippen LogP contribution < -0.4 is 10.1 Å². The van der Waals surface area contributed by atoms with Crippen LogP contribution in [-0.4, -0.2) is 23.7 Å². The van der Waals surface area contributed by atoms with Gasteiger partial charge >= 0.3 is 0 Å². The normalized spacial score (nSPS) is 11.8. The van der Waals surface area contributed by atoms with Crippen LogP contribution in [0.2, 0.25) is 0 Å². The number of hydrogen-bond acceptors (Lipinski definition) is 3. The number of aliphatic hydroxyl groups excluding tert-OH is 1. The average Bonchev–Trinajstić information content (AvgIpc) is 2.58. The number of rotatable bonds is 8. The molecule has 0 aliphatic rings. The standard InChI is InChI=1S/C19H22FNO3/c1-14(5-4-10-22)21-19(23)16-7-2-6-15(11-16)13-24-18-9-3-8-17(20)12-18/h2-3,6-9,11-12,14,22H,4-5,10,13H2,1H3,(H,21,23). The molecule has 0 fully saturated rings. The molecule has 0 saturated carbocycles. The van der Waals surface area contributed by atoms with Crippen molar-refractivity contribution in [1.29, 1.82) is 0 Å². The lowest BCUT2D eigenvalue weighted by Gasteiger charge is -2.14. The number of nitrogens with one attached hydrogen (secondary N) is 1. The van der Waals surface area contributed by atoms with Crippen LogP contribution in [-0.2, 0) is 6.61 Å². The predicted molar refractivity (Wildman–Crippen MR) is 90.4 cm³/mol. The first kappa shape index (κ1) is 17.9. The maximum absolute atomic E-state index is 13.1. The highest BCUT2D eigenvalue weighted by molar-refractivity contribution is 5.94. The molecular formula is C19H22FNO3. The van der Waals surface area contributed by atoms with Gasteiger partial charge in [0.25, 0.3) is 5.91 Å². The second kappa shape index (κ2) is 9.03. The first-order valence-electron chi connectivity index (χ1n) is 7.97. The highest BCUT2D eigenvalue weighted by Crippen LogP contribution is 2.15. The summed E-state index contributed by atoms with van der Waals surface area (Å²) in [5.74, 6) is -0.0620. The molecule has 0 saturated heterocycles. The number of benzene rings is 2. The Kier molecular flexibility index (Phi) is 6.75. The van der Waals surface area contributed by atoms with E-state index in [9.17, 15) is 9.18 Å². The second-order valence-corrected chi connectivity index (χ2v) is 5.69. The van der Waals surface area contributed by atoms with E-state index in [0.29, 0.717) is 17.7 Å². The van der Waals surface area contributed by atoms with Gasteiger partial charge in [-0.1, -0.05) is 18.2 Å². The van der Waals surface area contributed by atoms with Crippen LogP contribution in [0.5, 0.6) is 5.75 Å². The third-order valence-electron chi connectivity index (χ3n) is 3.56. The zero-order chi connectivity index (χ0) is 17.4. The van der Waals surface area contributed by atoms with Crippen LogP contribution in [0.25, 0.3) is 0 Å². The molecule has 1 unspecified atom stereocenters. The summed E-state index contributed by atoms with van der Waals surface area (Å²) >= 11 is 0. The summed E-state index contributed by atoms with van der Waals surface area (Å²) in [6.07, 6.45) is 1.38. The molecule has 128 valence electrons. The van der Waals surface area contributed by atoms with E-state index in [0.717, 1.165) is 12.0 Å². The summed E-state index contributed by atoms with van der Waals surface area (Å²) in [5.41, 5.74) is 1.38. The number of halogens is 1. The summed E-state index contributed by atoms with van der Waals surface area (Å²) < 4.78 is 18.7. The SMILES string of the molecule is CC(CCCO)NC(=O)c1cccc(COc2cccc(F)c2)c1. The van der Waals surface area contributed by atoms with E-state index < -0.39 is 0 Å². The van der Waals surface area contributed by atoms with Gasteiger partial charge in [-0.15, -0.1) is 0 Å². The molecule has 1 amide bonds. The minimum Gasteiger partial charge on any atom is -0.489 e. The fraction of sp³-hybridized carbons (Fsp3) is 0.316. The first-order chi connectivity index (χ1) is 11.6. The Balaban J connectivity index is 1.94. The Bertz CT molecular complexity index is 675. The summed E-state index contributed by atoms with van der Waals surface area (Å²) in [4.78, 5) is 12.2. The summed E-state index contributed by atoms with van der Waals surface area (Å²) in [6, 6.07) is 13.1. The van der Waals surface area contributed by atoms with Gasteiger partial charge in [-0.05, 0) is 49.6 Å². The minimum absolute atomic E-state index is 0.00292. The van der Waals surface area contributed by atoms with Gasteiger partial charge in [0, 0.05) is 24.3 Å². The molecule has 0 aliphatic heterocycles. The average molecular weight is 331 g/mol. The monoisotopic (exact) mass is 331 g/mol. The topological polar surface area (TPSA) is 58.6 Å². The number of carbonyl (C=O) groups excluding carboxylic acids is 1. The lowest BCUT2D eigenvalue weighted by molar-refractivity contribution is 0.0936. The summed E-state index contributed by atoms with van der Waals surface area (Å²) in [7, 11) is 0. The molecule has 2 aromatic carbocycles. The van der Waals surface area contributed by atoms with Crippen LogP contribution in [0.1, 0.15) is 35.7 Å². The van der Waals surface area contributed by atoms with Crippen molar-refractivity contribution in [1.82, 2.24) is 5.32 Å². The van der Waals surface area contributed by atoms with Crippen LogP contribution in [0.15, 0.2) is 48.5 Å². The van der Waals surface area contributed by atoms with E-state index in [1.165, 1.54) is 12.1 Å². The van der Waals surface area contributed by atoms with Gasteiger partial charge in [0.15, 0.2) is 0 Å². The van der Waals surface area contributed by atoms with Crippen molar-refractivity contribution in [3.8, 4) is 5.75 Å². The highest BCUT2D eigenvalue weighted by Gasteiger charge is 2.10. The van der Waals surface area contributed by atoms with Crippen LogP contribution >= 0.6 is 0 Å². The molecule has 0 aromatic heterocycles. The van der Waals surface area contributed by atoms with Crippen molar-refractivity contribution in [3.63, 3.8) is 0 Å². The predicted octanol–water partition coefficient (Wildman–Crippen LogP) is 3.30. The van der Waals surface area contributed by atoms with Crippen molar-refractivity contribution >= 4 is 5.91 Å². The third-order valence-corrected chi connectivity index (χ3v) is 3.56. The fourth-order valence-electron chi connectivity index (χ4n) is 2.30. The van der Waals surface area contributed by atoms with Crippen LogP contribution in [0.4, 0.5) is 4.39 Å². The number of ether oxygens (including phenoxy) is 1. The van der Waals surface area contributed by atoms with Crippen LogP contribution in [0, 0.1) is 5.82 Å². The Morgan fingerprint density at radius 2 is 2.04 bits per heavy atom. The van der Waals surface area contributed by atoms with E-state index in [4.69, 9.17) is 9.84 Å². The van der Waals surface area contributed by atoms with Gasteiger partial charge in [-0.25, -0.2) is 4.39 Å². The lowest BCUT2D eigenvalue weighted by Crippen LogP contribution is -2.32. The van der Waals surface area contributed by atoms with Gasteiger partial charge < -0.3 is 15.2 Å². The molecule has 4 nitrogen and oxygen atoms in total. The molecule has 2 aromatic rings. The third kappa shape index (κ3) is 5.66. The van der Waals surface area contributed by atoms with E-state index in [1.54, 1.807) is 30.3 Å². The van der Waals surface area contributed by atoms with Gasteiger partial charge in [-0.3, -0.25) is 4.79 Å². The van der Waals surface area contributed by atoms with E-state index >= 15 is 0 Å². The van der Waals surface area contributed by atoms with Gasteiger partial charge in [0.1, 0.15) is 18.2 Å². The van der Waals surface area contributed by atoms with Crippen molar-refractivity contribution in [2.75, 3.05) is 6.61 Å². The highest BCUT2D eigenvalue weighted by atomic mass is 19.1. The molecule has 0 spiro atoms. The molecule has 0 aliphatic carbocycles. The Hall–Kier alpha value is -2.40. The number of aliphatic hydroxyl groups is 1. The van der Waals surface area contributed by atoms with Crippen molar-refractivity contribution in [2.24, 2.45) is 0 Å². The molecule has 24 heavy (non-hydrogen) atoms. The second-order valence-electron chi connectivity index (χ2n) is 5.69. The molecule has 0 radical (unpaired) electrons. The smallest absolute Gasteiger partial charge is 0.251 e. The van der Waals surface area contributed by atoms with Gasteiger partial charge in [0.05, 0.1) is 0 Å². The van der Waals surface area contributed by atoms with Gasteiger partial charge in [0.2, 0.25) is 0 Å². The molecule has 1 atom stereocenters. The molecule has 2 N–H and O–H groups in total. The largest absolute Gasteiger partial charge is 0.489 e. The number of amides is 1. The quantitative estimate of drug-likeness (QED) is 0.780. The summed E-state index contributed by atoms with van der Waals surface area (Å²) in [5, 5.41) is 11.7.